The summed E-state index contributed by atoms with van der Waals surface area (Å²) in [5.41, 5.74) is 4.09. The van der Waals surface area contributed by atoms with Crippen molar-refractivity contribution in [2.24, 2.45) is 0 Å². The largest absolute Gasteiger partial charge is 0.390 e. The molecule has 1 unspecified atom stereocenters. The van der Waals surface area contributed by atoms with Gasteiger partial charge in [0.25, 0.3) is 0 Å². The Kier molecular flexibility index (Phi) is 5.69. The molecule has 4 nitrogen and oxygen atoms in total. The molecule has 0 bridgehead atoms. The number of likely N-dealkylation sites (tertiary alicyclic amines) is 1. The molecule has 0 radical (unpaired) electrons. The minimum atomic E-state index is -0.453. The van der Waals surface area contributed by atoms with Crippen molar-refractivity contribution in [1.29, 1.82) is 0 Å². The van der Waals surface area contributed by atoms with Crippen LogP contribution in [0.5, 0.6) is 0 Å². The molecule has 4 heteroatoms. The van der Waals surface area contributed by atoms with E-state index in [2.05, 4.69) is 42.2 Å². The number of β-amino-alcohol motifs (C(OH)–C–C–N with tert-alkyl or cyclic N) is 1. The number of hydrogen-bond donors (Lipinski definition) is 1. The van der Waals surface area contributed by atoms with Gasteiger partial charge >= 0.3 is 0 Å². The number of nitrogens with zero attached hydrogens (tertiary/aromatic N) is 2. The van der Waals surface area contributed by atoms with Gasteiger partial charge in [0.15, 0.2) is 0 Å². The topological polar surface area (TPSA) is 43.8 Å². The highest BCUT2D eigenvalue weighted by atomic mass is 16.3. The number of aryl methyl sites for hydroxylation is 1. The van der Waals surface area contributed by atoms with Gasteiger partial charge in [-0.2, -0.15) is 0 Å². The lowest BCUT2D eigenvalue weighted by atomic mass is 9.98. The van der Waals surface area contributed by atoms with Gasteiger partial charge in [-0.3, -0.25) is 9.69 Å². The summed E-state index contributed by atoms with van der Waals surface area (Å²) in [5, 5.41) is 10.3. The maximum Gasteiger partial charge on any atom is 0.222 e. The van der Waals surface area contributed by atoms with Crippen LogP contribution in [0.15, 0.2) is 30.3 Å². The van der Waals surface area contributed by atoms with Gasteiger partial charge in [-0.05, 0) is 36.0 Å². The fourth-order valence-corrected chi connectivity index (χ4v) is 3.60. The predicted octanol–water partition coefficient (Wildman–Crippen LogP) is 2.32. The van der Waals surface area contributed by atoms with E-state index in [9.17, 15) is 9.90 Å². The van der Waals surface area contributed by atoms with E-state index in [1.54, 1.807) is 4.90 Å². The Morgan fingerprint density at radius 3 is 2.50 bits per heavy atom. The first-order valence-corrected chi connectivity index (χ1v) is 9.12. The Hall–Kier alpha value is -1.65. The molecule has 0 saturated carbocycles. The Morgan fingerprint density at radius 2 is 1.92 bits per heavy atom. The second-order valence-corrected chi connectivity index (χ2v) is 6.89. The molecule has 2 aliphatic rings. The molecule has 1 fully saturated rings. The third kappa shape index (κ3) is 4.25. The predicted molar refractivity (Wildman–Crippen MR) is 96.7 cm³/mol. The molecule has 1 N–H and O–H groups in total. The minimum absolute atomic E-state index is 0.186. The van der Waals surface area contributed by atoms with Gasteiger partial charge in [-0.15, -0.1) is 0 Å². The van der Waals surface area contributed by atoms with E-state index in [-0.39, 0.29) is 5.91 Å². The third-order valence-electron chi connectivity index (χ3n) is 5.10. The molecule has 1 saturated heterocycles. The van der Waals surface area contributed by atoms with Crippen molar-refractivity contribution in [2.45, 2.75) is 38.7 Å². The Labute approximate surface area is 144 Å². The van der Waals surface area contributed by atoms with Crippen LogP contribution in [0.3, 0.4) is 0 Å². The first-order valence-electron chi connectivity index (χ1n) is 9.12. The summed E-state index contributed by atoms with van der Waals surface area (Å²) in [7, 11) is 0. The van der Waals surface area contributed by atoms with Crippen molar-refractivity contribution in [3.05, 3.63) is 41.5 Å². The average Bonchev–Trinajstić information content (AvgIpc) is 3.00. The van der Waals surface area contributed by atoms with E-state index < -0.39 is 6.10 Å². The molecule has 0 aromatic heterocycles. The zero-order valence-electron chi connectivity index (χ0n) is 14.6. The second kappa shape index (κ2) is 7.95. The van der Waals surface area contributed by atoms with Gasteiger partial charge in [0.05, 0.1) is 6.10 Å². The molecule has 0 aliphatic carbocycles. The van der Waals surface area contributed by atoms with Crippen LogP contribution in [0.25, 0.3) is 5.57 Å². The minimum Gasteiger partial charge on any atom is -0.390 e. The standard InChI is InChI=1S/C20H28N2O2/c1-2-16-5-7-17(8-6-16)18-9-12-21(13-10-18)14-19(23)15-22-11-3-4-20(22)24/h5-9,19,23H,2-4,10-15H2,1H3. The summed E-state index contributed by atoms with van der Waals surface area (Å²) < 4.78 is 0. The Bertz CT molecular complexity index is 594. The van der Waals surface area contributed by atoms with Crippen molar-refractivity contribution >= 4 is 11.5 Å². The zero-order chi connectivity index (χ0) is 16.9. The summed E-state index contributed by atoms with van der Waals surface area (Å²) in [6.45, 7) is 5.93. The fourth-order valence-electron chi connectivity index (χ4n) is 3.60. The number of rotatable bonds is 6. The monoisotopic (exact) mass is 328 g/mol. The van der Waals surface area contributed by atoms with E-state index in [4.69, 9.17) is 0 Å². The van der Waals surface area contributed by atoms with Crippen LogP contribution in [0, 0.1) is 0 Å². The molecule has 1 amide bonds. The summed E-state index contributed by atoms with van der Waals surface area (Å²) in [6.07, 6.45) is 5.48. The van der Waals surface area contributed by atoms with Gasteiger partial charge in [0, 0.05) is 39.1 Å². The number of aliphatic hydroxyl groups is 1. The van der Waals surface area contributed by atoms with Crippen molar-refractivity contribution in [3.8, 4) is 0 Å². The number of carbonyl (C=O) groups is 1. The second-order valence-electron chi connectivity index (χ2n) is 6.89. The number of amides is 1. The van der Waals surface area contributed by atoms with Crippen molar-refractivity contribution in [3.63, 3.8) is 0 Å². The van der Waals surface area contributed by atoms with Gasteiger partial charge in [-0.1, -0.05) is 37.3 Å². The third-order valence-corrected chi connectivity index (χ3v) is 5.10. The van der Waals surface area contributed by atoms with Crippen LogP contribution in [0.1, 0.15) is 37.3 Å². The highest BCUT2D eigenvalue weighted by molar-refractivity contribution is 5.78. The molecule has 24 heavy (non-hydrogen) atoms. The molecule has 0 spiro atoms. The molecule has 1 atom stereocenters. The molecule has 1 aromatic carbocycles. The first-order chi connectivity index (χ1) is 11.7. The molecule has 2 heterocycles. The Balaban J connectivity index is 1.50. The number of hydrogen-bond acceptors (Lipinski definition) is 3. The van der Waals surface area contributed by atoms with Crippen molar-refractivity contribution in [1.82, 2.24) is 9.80 Å². The van der Waals surface area contributed by atoms with Crippen LogP contribution < -0.4 is 0 Å². The maximum atomic E-state index is 11.6. The summed E-state index contributed by atoms with van der Waals surface area (Å²) in [4.78, 5) is 15.7. The van der Waals surface area contributed by atoms with Crippen molar-refractivity contribution in [2.75, 3.05) is 32.7 Å². The highest BCUT2D eigenvalue weighted by Crippen LogP contribution is 2.23. The fraction of sp³-hybridized carbons (Fsp3) is 0.550. The highest BCUT2D eigenvalue weighted by Gasteiger charge is 2.24. The van der Waals surface area contributed by atoms with Crippen LogP contribution in [-0.2, 0) is 11.2 Å². The lowest BCUT2D eigenvalue weighted by Gasteiger charge is -2.30. The molecular formula is C20H28N2O2. The lowest BCUT2D eigenvalue weighted by molar-refractivity contribution is -0.129. The SMILES string of the molecule is CCc1ccc(C2=CCN(CC(O)CN3CCCC3=O)CC2)cc1. The van der Waals surface area contributed by atoms with E-state index in [1.807, 2.05) is 0 Å². The van der Waals surface area contributed by atoms with E-state index in [0.29, 0.717) is 19.5 Å². The first kappa shape index (κ1) is 17.2. The van der Waals surface area contributed by atoms with E-state index in [1.165, 1.54) is 16.7 Å². The maximum absolute atomic E-state index is 11.6. The summed E-state index contributed by atoms with van der Waals surface area (Å²) >= 11 is 0. The number of benzene rings is 1. The van der Waals surface area contributed by atoms with E-state index >= 15 is 0 Å². The normalized spacial score (nSPS) is 20.3. The lowest BCUT2D eigenvalue weighted by Crippen LogP contribution is -2.42. The smallest absolute Gasteiger partial charge is 0.222 e. The van der Waals surface area contributed by atoms with Gasteiger partial charge in [0.1, 0.15) is 0 Å². The van der Waals surface area contributed by atoms with E-state index in [0.717, 1.165) is 38.9 Å². The van der Waals surface area contributed by atoms with Crippen LogP contribution >= 0.6 is 0 Å². The molecule has 1 aromatic rings. The molecule has 2 aliphatic heterocycles. The number of aliphatic hydroxyl groups excluding tert-OH is 1. The van der Waals surface area contributed by atoms with Gasteiger partial charge < -0.3 is 10.0 Å². The van der Waals surface area contributed by atoms with Gasteiger partial charge in [0.2, 0.25) is 5.91 Å². The van der Waals surface area contributed by atoms with Gasteiger partial charge in [-0.25, -0.2) is 0 Å². The molecule has 130 valence electrons. The van der Waals surface area contributed by atoms with Crippen LogP contribution in [0.2, 0.25) is 0 Å². The summed E-state index contributed by atoms with van der Waals surface area (Å²) in [6, 6.07) is 8.85. The average molecular weight is 328 g/mol. The molecule has 3 rings (SSSR count). The zero-order valence-corrected chi connectivity index (χ0v) is 14.6. The number of carbonyl (C=O) groups excluding carboxylic acids is 1. The summed E-state index contributed by atoms with van der Waals surface area (Å²) in [5.74, 6) is 0.186. The quantitative estimate of drug-likeness (QED) is 0.871. The molecular weight excluding hydrogens is 300 g/mol. The Morgan fingerprint density at radius 1 is 1.12 bits per heavy atom. The van der Waals surface area contributed by atoms with Crippen LogP contribution in [-0.4, -0.2) is 59.6 Å². The van der Waals surface area contributed by atoms with Crippen LogP contribution in [0.4, 0.5) is 0 Å². The van der Waals surface area contributed by atoms with Crippen molar-refractivity contribution < 1.29 is 9.90 Å².